The molecule has 1 aliphatic rings. The summed E-state index contributed by atoms with van der Waals surface area (Å²) in [5, 5.41) is 2.78. The fraction of sp³-hybridized carbons (Fsp3) is 0.455. The highest BCUT2D eigenvalue weighted by Crippen LogP contribution is 2.23. The van der Waals surface area contributed by atoms with Gasteiger partial charge in [-0.25, -0.2) is 0 Å². The van der Waals surface area contributed by atoms with Crippen molar-refractivity contribution in [1.82, 2.24) is 10.3 Å². The van der Waals surface area contributed by atoms with Crippen LogP contribution in [0, 0.1) is 0 Å². The monoisotopic (exact) mass is 190 g/mol. The normalized spacial score (nSPS) is 15.2. The Hall–Kier alpha value is -1.38. The summed E-state index contributed by atoms with van der Waals surface area (Å²) >= 11 is 0. The minimum atomic E-state index is -0.00208. The van der Waals surface area contributed by atoms with Crippen LogP contribution in [-0.2, 0) is 12.0 Å². The van der Waals surface area contributed by atoms with E-state index in [9.17, 15) is 4.79 Å². The van der Waals surface area contributed by atoms with Crippen LogP contribution >= 0.6 is 0 Å². The number of nitrogens with one attached hydrogen (secondary N) is 1. The van der Waals surface area contributed by atoms with E-state index in [1.54, 1.807) is 6.20 Å². The van der Waals surface area contributed by atoms with Crippen molar-refractivity contribution in [3.05, 3.63) is 29.1 Å². The Morgan fingerprint density at radius 2 is 2.14 bits per heavy atom. The fourth-order valence-corrected chi connectivity index (χ4v) is 1.52. The van der Waals surface area contributed by atoms with Crippen LogP contribution in [-0.4, -0.2) is 10.9 Å². The first-order valence-corrected chi connectivity index (χ1v) is 4.76. The van der Waals surface area contributed by atoms with E-state index in [-0.39, 0.29) is 11.3 Å². The van der Waals surface area contributed by atoms with Crippen molar-refractivity contribution in [3.8, 4) is 0 Å². The van der Waals surface area contributed by atoms with Crippen molar-refractivity contribution in [3.63, 3.8) is 0 Å². The predicted octanol–water partition coefficient (Wildman–Crippen LogP) is 1.62. The van der Waals surface area contributed by atoms with E-state index in [0.717, 1.165) is 16.8 Å². The number of aromatic nitrogens is 1. The average molecular weight is 190 g/mol. The van der Waals surface area contributed by atoms with E-state index in [1.807, 2.05) is 6.07 Å². The largest absolute Gasteiger partial charge is 0.348 e. The molecule has 2 heterocycles. The van der Waals surface area contributed by atoms with Crippen molar-refractivity contribution in [2.45, 2.75) is 32.7 Å². The van der Waals surface area contributed by atoms with Gasteiger partial charge in [0.1, 0.15) is 0 Å². The van der Waals surface area contributed by atoms with Gasteiger partial charge in [0.25, 0.3) is 5.91 Å². The summed E-state index contributed by atoms with van der Waals surface area (Å²) in [4.78, 5) is 15.8. The number of rotatable bonds is 0. The van der Waals surface area contributed by atoms with Crippen LogP contribution in [0.1, 0.15) is 42.4 Å². The summed E-state index contributed by atoms with van der Waals surface area (Å²) in [5.74, 6) is 0.0212. The number of pyridine rings is 1. The van der Waals surface area contributed by atoms with Gasteiger partial charge in [0.15, 0.2) is 0 Å². The summed E-state index contributed by atoms with van der Waals surface area (Å²) in [6.07, 6.45) is 1.80. The number of carbonyl (C=O) groups is 1. The Balaban J connectivity index is 2.50. The molecule has 1 amide bonds. The van der Waals surface area contributed by atoms with Crippen LogP contribution in [0.25, 0.3) is 0 Å². The molecule has 14 heavy (non-hydrogen) atoms. The topological polar surface area (TPSA) is 42.0 Å². The maximum Gasteiger partial charge on any atom is 0.252 e. The molecule has 0 saturated heterocycles. The molecule has 3 nitrogen and oxygen atoms in total. The Kier molecular flexibility index (Phi) is 1.84. The molecule has 0 saturated carbocycles. The molecule has 0 atom stereocenters. The van der Waals surface area contributed by atoms with Crippen molar-refractivity contribution < 1.29 is 4.79 Å². The third-order valence-electron chi connectivity index (χ3n) is 2.44. The quantitative estimate of drug-likeness (QED) is 0.675. The van der Waals surface area contributed by atoms with Crippen molar-refractivity contribution in [1.29, 1.82) is 0 Å². The molecule has 1 aromatic rings. The molecule has 3 heteroatoms. The van der Waals surface area contributed by atoms with Crippen LogP contribution in [0.4, 0.5) is 0 Å². The van der Waals surface area contributed by atoms with Crippen LogP contribution in [0.2, 0.25) is 0 Å². The molecule has 2 rings (SSSR count). The number of carbonyl (C=O) groups excluding carboxylic acids is 1. The first kappa shape index (κ1) is 9.19. The van der Waals surface area contributed by atoms with Crippen LogP contribution in [0.5, 0.6) is 0 Å². The Morgan fingerprint density at radius 1 is 1.43 bits per heavy atom. The lowest BCUT2D eigenvalue weighted by atomic mass is 9.90. The highest BCUT2D eigenvalue weighted by atomic mass is 16.1. The average Bonchev–Trinajstić information content (AvgIpc) is 2.46. The van der Waals surface area contributed by atoms with Crippen molar-refractivity contribution >= 4 is 5.91 Å². The minimum absolute atomic E-state index is 0.00208. The Bertz CT molecular complexity index is 391. The molecule has 0 unspecified atom stereocenters. The second-order valence-electron chi connectivity index (χ2n) is 4.66. The maximum absolute atomic E-state index is 11.4. The van der Waals surface area contributed by atoms with Crippen LogP contribution < -0.4 is 5.32 Å². The van der Waals surface area contributed by atoms with E-state index in [0.29, 0.717) is 6.54 Å². The summed E-state index contributed by atoms with van der Waals surface area (Å²) in [6.45, 7) is 6.89. The van der Waals surface area contributed by atoms with Gasteiger partial charge >= 0.3 is 0 Å². The van der Waals surface area contributed by atoms with Gasteiger partial charge in [-0.05, 0) is 6.07 Å². The number of nitrogens with zero attached hydrogens (tertiary/aromatic N) is 1. The van der Waals surface area contributed by atoms with E-state index in [1.165, 1.54) is 0 Å². The lowest BCUT2D eigenvalue weighted by molar-refractivity contribution is 0.0965. The molecule has 74 valence electrons. The number of amides is 1. The zero-order chi connectivity index (χ0) is 10.3. The standard InChI is InChI=1S/C11H14N2O/c1-11(2,3)9-4-8-7(5-12-9)6-13-10(8)14/h4-5H,6H2,1-3H3,(H,13,14). The SMILES string of the molecule is CC(C)(C)c1cc2c(cn1)CNC2=O. The molecule has 1 aromatic heterocycles. The molecule has 0 aliphatic carbocycles. The van der Waals surface area contributed by atoms with Crippen LogP contribution in [0.3, 0.4) is 0 Å². The maximum atomic E-state index is 11.4. The molecule has 0 radical (unpaired) electrons. The van der Waals surface area contributed by atoms with Gasteiger partial charge in [-0.3, -0.25) is 9.78 Å². The van der Waals surface area contributed by atoms with Gasteiger partial charge in [-0.1, -0.05) is 20.8 Å². The zero-order valence-electron chi connectivity index (χ0n) is 8.72. The third-order valence-corrected chi connectivity index (χ3v) is 2.44. The summed E-state index contributed by atoms with van der Waals surface area (Å²) in [6, 6.07) is 1.90. The first-order valence-electron chi connectivity index (χ1n) is 4.76. The van der Waals surface area contributed by atoms with Gasteiger partial charge in [0.2, 0.25) is 0 Å². The molecular weight excluding hydrogens is 176 g/mol. The zero-order valence-corrected chi connectivity index (χ0v) is 8.72. The molecule has 0 spiro atoms. The second kappa shape index (κ2) is 2.80. The number of hydrogen-bond acceptors (Lipinski definition) is 2. The highest BCUT2D eigenvalue weighted by molar-refractivity contribution is 5.98. The van der Waals surface area contributed by atoms with Crippen molar-refractivity contribution in [2.75, 3.05) is 0 Å². The molecule has 1 N–H and O–H groups in total. The lowest BCUT2D eigenvalue weighted by Gasteiger charge is -2.17. The van der Waals surface area contributed by atoms with Gasteiger partial charge < -0.3 is 5.32 Å². The van der Waals surface area contributed by atoms with Crippen molar-refractivity contribution in [2.24, 2.45) is 0 Å². The second-order valence-corrected chi connectivity index (χ2v) is 4.66. The molecule has 1 aliphatic heterocycles. The molecular formula is C11H14N2O. The van der Waals surface area contributed by atoms with Gasteiger partial charge in [-0.2, -0.15) is 0 Å². The highest BCUT2D eigenvalue weighted by Gasteiger charge is 2.23. The fourth-order valence-electron chi connectivity index (χ4n) is 1.52. The number of hydrogen-bond donors (Lipinski definition) is 1. The van der Waals surface area contributed by atoms with Crippen LogP contribution in [0.15, 0.2) is 12.3 Å². The van der Waals surface area contributed by atoms with Gasteiger partial charge in [0, 0.05) is 35.0 Å². The van der Waals surface area contributed by atoms with E-state index < -0.39 is 0 Å². The third kappa shape index (κ3) is 1.39. The first-order chi connectivity index (χ1) is 6.48. The van der Waals surface area contributed by atoms with E-state index in [2.05, 4.69) is 31.1 Å². The molecule has 0 fully saturated rings. The lowest BCUT2D eigenvalue weighted by Crippen LogP contribution is -2.15. The summed E-state index contributed by atoms with van der Waals surface area (Å²) in [7, 11) is 0. The molecule has 0 aromatic carbocycles. The summed E-state index contributed by atoms with van der Waals surface area (Å²) in [5.41, 5.74) is 2.75. The Morgan fingerprint density at radius 3 is 2.79 bits per heavy atom. The minimum Gasteiger partial charge on any atom is -0.348 e. The predicted molar refractivity (Wildman–Crippen MR) is 54.1 cm³/mol. The number of fused-ring (bicyclic) bond motifs is 1. The van der Waals surface area contributed by atoms with Gasteiger partial charge in [0.05, 0.1) is 0 Å². The van der Waals surface area contributed by atoms with Gasteiger partial charge in [-0.15, -0.1) is 0 Å². The molecule has 0 bridgehead atoms. The van der Waals surface area contributed by atoms with E-state index in [4.69, 9.17) is 0 Å². The van der Waals surface area contributed by atoms with E-state index >= 15 is 0 Å². The smallest absolute Gasteiger partial charge is 0.252 e. The summed E-state index contributed by atoms with van der Waals surface area (Å²) < 4.78 is 0. The Labute approximate surface area is 83.5 Å².